The molecule has 0 aliphatic carbocycles. The van der Waals surface area contributed by atoms with Crippen LogP contribution >= 0.6 is 35.4 Å². The number of aryl methyl sites for hydroxylation is 2. The highest BCUT2D eigenvalue weighted by Gasteiger charge is 2.10. The van der Waals surface area contributed by atoms with Crippen molar-refractivity contribution in [3.8, 4) is 11.5 Å². The Balaban J connectivity index is 2.44. The SMILES string of the molecule is Cc1cc(Oc2cc(Cl)ccc2C(N)=S)cc(C)c1Cl. The molecule has 2 rings (SSSR count). The lowest BCUT2D eigenvalue weighted by Gasteiger charge is -2.13. The zero-order chi connectivity index (χ0) is 14.9. The number of nitrogens with two attached hydrogens (primary N) is 1. The summed E-state index contributed by atoms with van der Waals surface area (Å²) in [6.07, 6.45) is 0. The normalized spacial score (nSPS) is 10.4. The average molecular weight is 326 g/mol. The van der Waals surface area contributed by atoms with Gasteiger partial charge in [0.1, 0.15) is 16.5 Å². The van der Waals surface area contributed by atoms with Crippen molar-refractivity contribution < 1.29 is 4.74 Å². The first-order valence-corrected chi connectivity index (χ1v) is 7.09. The Labute approximate surface area is 133 Å². The lowest BCUT2D eigenvalue weighted by Crippen LogP contribution is -2.10. The van der Waals surface area contributed by atoms with E-state index in [9.17, 15) is 0 Å². The number of halogens is 2. The number of hydrogen-bond donors (Lipinski definition) is 1. The molecule has 0 amide bonds. The molecular formula is C15H13Cl2NOS. The Morgan fingerprint density at radius 3 is 2.25 bits per heavy atom. The topological polar surface area (TPSA) is 35.2 Å². The third-order valence-corrected chi connectivity index (χ3v) is 3.90. The Hall–Kier alpha value is -1.29. The van der Waals surface area contributed by atoms with E-state index in [4.69, 9.17) is 45.9 Å². The van der Waals surface area contributed by atoms with E-state index in [0.29, 0.717) is 22.1 Å². The highest BCUT2D eigenvalue weighted by molar-refractivity contribution is 7.80. The Bertz CT molecular complexity index is 663. The summed E-state index contributed by atoms with van der Waals surface area (Å²) in [6, 6.07) is 8.88. The van der Waals surface area contributed by atoms with Gasteiger partial charge in [0.05, 0.1) is 5.56 Å². The van der Waals surface area contributed by atoms with Crippen molar-refractivity contribution in [3.63, 3.8) is 0 Å². The summed E-state index contributed by atoms with van der Waals surface area (Å²) >= 11 is 17.1. The number of benzene rings is 2. The highest BCUT2D eigenvalue weighted by atomic mass is 35.5. The summed E-state index contributed by atoms with van der Waals surface area (Å²) in [4.78, 5) is 0.263. The Kier molecular flexibility index (Phi) is 4.53. The molecule has 0 unspecified atom stereocenters. The third kappa shape index (κ3) is 3.23. The smallest absolute Gasteiger partial charge is 0.139 e. The van der Waals surface area contributed by atoms with Crippen molar-refractivity contribution in [2.45, 2.75) is 13.8 Å². The van der Waals surface area contributed by atoms with Crippen LogP contribution in [0.15, 0.2) is 30.3 Å². The molecule has 5 heteroatoms. The van der Waals surface area contributed by atoms with Crippen molar-refractivity contribution in [1.29, 1.82) is 0 Å². The lowest BCUT2D eigenvalue weighted by molar-refractivity contribution is 0.481. The van der Waals surface area contributed by atoms with E-state index in [2.05, 4.69) is 0 Å². The molecule has 0 aliphatic heterocycles. The second-order valence-corrected chi connectivity index (χ2v) is 5.73. The fourth-order valence-corrected chi connectivity index (χ4v) is 2.32. The number of thiocarbonyl (C=S) groups is 1. The van der Waals surface area contributed by atoms with Gasteiger partial charge in [-0.05, 0) is 49.2 Å². The second-order valence-electron chi connectivity index (χ2n) is 4.48. The van der Waals surface area contributed by atoms with Gasteiger partial charge in [0.25, 0.3) is 0 Å². The first kappa shape index (κ1) is 15.1. The van der Waals surface area contributed by atoms with E-state index in [0.717, 1.165) is 16.1 Å². The molecule has 2 nitrogen and oxygen atoms in total. The van der Waals surface area contributed by atoms with Crippen LogP contribution < -0.4 is 10.5 Å². The summed E-state index contributed by atoms with van der Waals surface area (Å²) in [5.74, 6) is 1.20. The maximum absolute atomic E-state index is 6.14. The molecule has 2 aromatic rings. The monoisotopic (exact) mass is 325 g/mol. The molecular weight excluding hydrogens is 313 g/mol. The molecule has 2 N–H and O–H groups in total. The maximum atomic E-state index is 6.14. The predicted octanol–water partition coefficient (Wildman–Crippen LogP) is 5.04. The van der Waals surface area contributed by atoms with Gasteiger partial charge >= 0.3 is 0 Å². The van der Waals surface area contributed by atoms with Crippen LogP contribution in [-0.4, -0.2) is 4.99 Å². The average Bonchev–Trinajstić information content (AvgIpc) is 2.35. The molecule has 0 fully saturated rings. The maximum Gasteiger partial charge on any atom is 0.139 e. The van der Waals surface area contributed by atoms with Gasteiger partial charge in [-0.15, -0.1) is 0 Å². The van der Waals surface area contributed by atoms with Crippen molar-refractivity contribution >= 4 is 40.4 Å². The van der Waals surface area contributed by atoms with Crippen molar-refractivity contribution in [2.24, 2.45) is 5.73 Å². The van der Waals surface area contributed by atoms with Crippen LogP contribution in [-0.2, 0) is 0 Å². The van der Waals surface area contributed by atoms with E-state index in [1.54, 1.807) is 18.2 Å². The number of rotatable bonds is 3. The molecule has 2 aromatic carbocycles. The van der Waals surface area contributed by atoms with Crippen molar-refractivity contribution in [3.05, 3.63) is 57.1 Å². The van der Waals surface area contributed by atoms with Crippen LogP contribution in [0.2, 0.25) is 10.0 Å². The van der Waals surface area contributed by atoms with Crippen molar-refractivity contribution in [2.75, 3.05) is 0 Å². The van der Waals surface area contributed by atoms with Gasteiger partial charge in [-0.25, -0.2) is 0 Å². The first-order chi connectivity index (χ1) is 9.38. The van der Waals surface area contributed by atoms with Gasteiger partial charge in [-0.2, -0.15) is 0 Å². The van der Waals surface area contributed by atoms with Crippen LogP contribution in [0.3, 0.4) is 0 Å². The molecule has 0 aliphatic rings. The Morgan fingerprint density at radius 1 is 1.10 bits per heavy atom. The summed E-state index contributed by atoms with van der Waals surface area (Å²) in [7, 11) is 0. The number of ether oxygens (including phenoxy) is 1. The van der Waals surface area contributed by atoms with E-state index in [-0.39, 0.29) is 4.99 Å². The summed E-state index contributed by atoms with van der Waals surface area (Å²) in [5, 5.41) is 1.29. The van der Waals surface area contributed by atoms with Crippen LogP contribution in [0.4, 0.5) is 0 Å². The standard InChI is InChI=1S/C15H13Cl2NOS/c1-8-5-11(6-9(2)14(8)17)19-13-7-10(16)3-4-12(13)15(18)20/h3-7H,1-2H3,(H2,18,20). The zero-order valence-corrected chi connectivity index (χ0v) is 13.4. The molecule has 0 saturated heterocycles. The second kappa shape index (κ2) is 6.00. The predicted molar refractivity (Wildman–Crippen MR) is 88.3 cm³/mol. The van der Waals surface area contributed by atoms with Gasteiger partial charge < -0.3 is 10.5 Å². The Morgan fingerprint density at radius 2 is 1.70 bits per heavy atom. The van der Waals surface area contributed by atoms with Crippen LogP contribution in [0.5, 0.6) is 11.5 Å². The van der Waals surface area contributed by atoms with E-state index < -0.39 is 0 Å². The highest BCUT2D eigenvalue weighted by Crippen LogP contribution is 2.32. The van der Waals surface area contributed by atoms with Gasteiger partial charge in [-0.3, -0.25) is 0 Å². The third-order valence-electron chi connectivity index (χ3n) is 2.85. The minimum absolute atomic E-state index is 0.263. The largest absolute Gasteiger partial charge is 0.457 e. The van der Waals surface area contributed by atoms with Crippen LogP contribution in [0.1, 0.15) is 16.7 Å². The first-order valence-electron chi connectivity index (χ1n) is 5.92. The van der Waals surface area contributed by atoms with E-state index >= 15 is 0 Å². The molecule has 0 radical (unpaired) electrons. The molecule has 20 heavy (non-hydrogen) atoms. The van der Waals surface area contributed by atoms with Gasteiger partial charge in [0.2, 0.25) is 0 Å². The molecule has 0 saturated carbocycles. The molecule has 0 bridgehead atoms. The van der Waals surface area contributed by atoms with Gasteiger partial charge in [0, 0.05) is 16.1 Å². The molecule has 0 aromatic heterocycles. The minimum Gasteiger partial charge on any atom is -0.457 e. The summed E-state index contributed by atoms with van der Waals surface area (Å²) in [6.45, 7) is 3.85. The van der Waals surface area contributed by atoms with Gasteiger partial charge in [-0.1, -0.05) is 35.4 Å². The molecule has 0 atom stereocenters. The fourth-order valence-electron chi connectivity index (χ4n) is 1.88. The van der Waals surface area contributed by atoms with Crippen LogP contribution in [0, 0.1) is 13.8 Å². The summed E-state index contributed by atoms with van der Waals surface area (Å²) in [5.41, 5.74) is 8.23. The molecule has 104 valence electrons. The van der Waals surface area contributed by atoms with E-state index in [1.807, 2.05) is 26.0 Å². The molecule has 0 heterocycles. The summed E-state index contributed by atoms with van der Waals surface area (Å²) < 4.78 is 5.86. The van der Waals surface area contributed by atoms with Crippen molar-refractivity contribution in [1.82, 2.24) is 0 Å². The molecule has 0 spiro atoms. The fraction of sp³-hybridized carbons (Fsp3) is 0.133. The quantitative estimate of drug-likeness (QED) is 0.803. The van der Waals surface area contributed by atoms with Gasteiger partial charge in [0.15, 0.2) is 0 Å². The minimum atomic E-state index is 0.263. The number of hydrogen-bond acceptors (Lipinski definition) is 2. The van der Waals surface area contributed by atoms with E-state index in [1.165, 1.54) is 0 Å². The zero-order valence-electron chi connectivity index (χ0n) is 11.0. The lowest BCUT2D eigenvalue weighted by atomic mass is 10.1. The van der Waals surface area contributed by atoms with Crippen LogP contribution in [0.25, 0.3) is 0 Å².